The van der Waals surface area contributed by atoms with Crippen molar-refractivity contribution in [3.05, 3.63) is 57.6 Å². The van der Waals surface area contributed by atoms with Gasteiger partial charge in [-0.15, -0.1) is 0 Å². The Morgan fingerprint density at radius 1 is 1.23 bits per heavy atom. The van der Waals surface area contributed by atoms with Gasteiger partial charge in [0.25, 0.3) is 0 Å². The molecular weight excluding hydrogens is 437 g/mol. The van der Waals surface area contributed by atoms with Crippen LogP contribution in [0.1, 0.15) is 12.0 Å². The van der Waals surface area contributed by atoms with E-state index in [0.717, 1.165) is 12.1 Å². The summed E-state index contributed by atoms with van der Waals surface area (Å²) in [5.74, 6) is 0.315. The molecule has 1 N–H and O–H groups in total. The summed E-state index contributed by atoms with van der Waals surface area (Å²) in [5, 5.41) is 10.8. The molecule has 0 amide bonds. The summed E-state index contributed by atoms with van der Waals surface area (Å²) in [6.07, 6.45) is -5.92. The first-order valence-electron chi connectivity index (χ1n) is 9.43. The number of pyridine rings is 1. The molecule has 2 atom stereocenters. The Labute approximate surface area is 179 Å². The topological polar surface area (TPSA) is 80.5 Å². The lowest BCUT2D eigenvalue weighted by Gasteiger charge is -2.36. The molecule has 164 valence electrons. The van der Waals surface area contributed by atoms with Crippen LogP contribution in [0.15, 0.2) is 41.2 Å². The van der Waals surface area contributed by atoms with E-state index < -0.39 is 29.6 Å². The van der Waals surface area contributed by atoms with Crippen LogP contribution in [0.3, 0.4) is 0 Å². The largest absolute Gasteiger partial charge is 0.488 e. The zero-order chi connectivity index (χ0) is 22.3. The highest BCUT2D eigenvalue weighted by molar-refractivity contribution is 6.29. The van der Waals surface area contributed by atoms with Crippen molar-refractivity contribution in [2.24, 2.45) is 7.05 Å². The number of aromatic nitrogens is 3. The molecule has 3 heterocycles. The third-order valence-corrected chi connectivity index (χ3v) is 5.38. The van der Waals surface area contributed by atoms with Gasteiger partial charge in [-0.25, -0.2) is 9.78 Å². The number of rotatable bonds is 3. The van der Waals surface area contributed by atoms with Crippen LogP contribution in [0, 0.1) is 0 Å². The number of halogens is 4. The quantitative estimate of drug-likeness (QED) is 0.613. The van der Waals surface area contributed by atoms with Crippen LogP contribution in [0.5, 0.6) is 5.75 Å². The zero-order valence-corrected chi connectivity index (χ0v) is 17.1. The maximum absolute atomic E-state index is 12.9. The SMILES string of the molecule is Cn1c(=O)nc(N2CCC(Oc3cccc(C(F)(F)F)c3)C(O)C2)c2nc(Cl)ccc21. The van der Waals surface area contributed by atoms with Crippen molar-refractivity contribution in [2.75, 3.05) is 18.0 Å². The predicted octanol–water partition coefficient (Wildman–Crippen LogP) is 3.02. The summed E-state index contributed by atoms with van der Waals surface area (Å²) in [7, 11) is 1.57. The van der Waals surface area contributed by atoms with Crippen LogP contribution in [-0.4, -0.2) is 44.9 Å². The first-order valence-corrected chi connectivity index (χ1v) is 9.81. The van der Waals surface area contributed by atoms with Gasteiger partial charge in [0.15, 0.2) is 5.82 Å². The summed E-state index contributed by atoms with van der Waals surface area (Å²) in [5.41, 5.74) is -0.352. The van der Waals surface area contributed by atoms with Gasteiger partial charge in [-0.05, 0) is 30.3 Å². The van der Waals surface area contributed by atoms with Gasteiger partial charge in [0.05, 0.1) is 11.1 Å². The summed E-state index contributed by atoms with van der Waals surface area (Å²) in [6, 6.07) is 7.76. The lowest BCUT2D eigenvalue weighted by molar-refractivity contribution is -0.137. The second kappa shape index (κ2) is 8.01. The minimum absolute atomic E-state index is 0.0259. The first-order chi connectivity index (χ1) is 14.6. The van der Waals surface area contributed by atoms with Crippen LogP contribution < -0.4 is 15.3 Å². The van der Waals surface area contributed by atoms with Crippen molar-refractivity contribution in [1.29, 1.82) is 0 Å². The fourth-order valence-electron chi connectivity index (χ4n) is 3.57. The third-order valence-electron chi connectivity index (χ3n) is 5.17. The number of fused-ring (bicyclic) bond motifs is 1. The standard InChI is InChI=1S/C20H18ClF3N4O3/c1-27-13-5-6-16(21)25-17(13)18(26-19(27)30)28-8-7-15(14(29)10-28)31-12-4-2-3-11(9-12)20(22,23)24/h2-6,9,14-15,29H,7-8,10H2,1H3. The van der Waals surface area contributed by atoms with Crippen molar-refractivity contribution in [3.8, 4) is 5.75 Å². The smallest absolute Gasteiger partial charge is 0.416 e. The Bertz CT molecular complexity index is 1180. The Morgan fingerprint density at radius 2 is 2.00 bits per heavy atom. The molecule has 0 bridgehead atoms. The van der Waals surface area contributed by atoms with Crippen molar-refractivity contribution in [3.63, 3.8) is 0 Å². The Morgan fingerprint density at radius 3 is 2.71 bits per heavy atom. The van der Waals surface area contributed by atoms with Gasteiger partial charge in [-0.1, -0.05) is 17.7 Å². The molecule has 0 spiro atoms. The second-order valence-corrected chi connectivity index (χ2v) is 7.65. The summed E-state index contributed by atoms with van der Waals surface area (Å²) >= 11 is 6.01. The highest BCUT2D eigenvalue weighted by Crippen LogP contribution is 2.32. The van der Waals surface area contributed by atoms with Crippen LogP contribution in [0.4, 0.5) is 19.0 Å². The molecule has 2 aromatic heterocycles. The molecule has 1 fully saturated rings. The van der Waals surface area contributed by atoms with Crippen LogP contribution in [0.2, 0.25) is 5.15 Å². The molecule has 1 aliphatic rings. The van der Waals surface area contributed by atoms with Crippen molar-refractivity contribution >= 4 is 28.5 Å². The molecule has 0 saturated carbocycles. The third kappa shape index (κ3) is 4.31. The fourth-order valence-corrected chi connectivity index (χ4v) is 3.71. The van der Waals surface area contributed by atoms with E-state index in [1.54, 1.807) is 24.1 Å². The number of aryl methyl sites for hydroxylation is 1. The van der Waals surface area contributed by atoms with E-state index in [0.29, 0.717) is 24.0 Å². The number of nitrogens with zero attached hydrogens (tertiary/aromatic N) is 4. The Kier molecular flexibility index (Phi) is 5.52. The number of ether oxygens (including phenoxy) is 1. The number of piperidine rings is 1. The normalized spacial score (nSPS) is 19.6. The first kappa shape index (κ1) is 21.4. The van der Waals surface area contributed by atoms with Crippen LogP contribution >= 0.6 is 11.6 Å². The Balaban J connectivity index is 1.56. The van der Waals surface area contributed by atoms with E-state index in [9.17, 15) is 23.1 Å². The predicted molar refractivity (Wildman–Crippen MR) is 108 cm³/mol. The van der Waals surface area contributed by atoms with E-state index >= 15 is 0 Å². The maximum atomic E-state index is 12.9. The molecular formula is C20H18ClF3N4O3. The molecule has 1 saturated heterocycles. The number of aliphatic hydroxyl groups excluding tert-OH is 1. The average Bonchev–Trinajstić information content (AvgIpc) is 2.72. The molecule has 2 unspecified atom stereocenters. The second-order valence-electron chi connectivity index (χ2n) is 7.26. The molecule has 1 aromatic carbocycles. The molecule has 11 heteroatoms. The van der Waals surface area contributed by atoms with Crippen molar-refractivity contribution in [1.82, 2.24) is 14.5 Å². The van der Waals surface area contributed by atoms with Gasteiger partial charge in [-0.3, -0.25) is 4.57 Å². The molecule has 1 aliphatic heterocycles. The number of hydrogen-bond donors (Lipinski definition) is 1. The van der Waals surface area contributed by atoms with Crippen LogP contribution in [-0.2, 0) is 13.2 Å². The molecule has 31 heavy (non-hydrogen) atoms. The fraction of sp³-hybridized carbons (Fsp3) is 0.350. The van der Waals surface area contributed by atoms with Crippen molar-refractivity contribution in [2.45, 2.75) is 24.8 Å². The monoisotopic (exact) mass is 454 g/mol. The number of alkyl halides is 3. The van der Waals surface area contributed by atoms with E-state index in [1.807, 2.05) is 0 Å². The van der Waals surface area contributed by atoms with Gasteiger partial charge < -0.3 is 14.7 Å². The van der Waals surface area contributed by atoms with Gasteiger partial charge in [0, 0.05) is 26.6 Å². The number of aliphatic hydroxyl groups is 1. The maximum Gasteiger partial charge on any atom is 0.416 e. The minimum Gasteiger partial charge on any atom is -0.488 e. The van der Waals surface area contributed by atoms with Crippen molar-refractivity contribution < 1.29 is 23.0 Å². The van der Waals surface area contributed by atoms with Gasteiger partial charge in [0.2, 0.25) is 0 Å². The number of β-amino-alcohol motifs (C(OH)–C–C–N with tert-alkyl or cyclic N) is 1. The summed E-state index contributed by atoms with van der Waals surface area (Å²) in [4.78, 5) is 22.3. The molecule has 4 rings (SSSR count). The zero-order valence-electron chi connectivity index (χ0n) is 16.3. The lowest BCUT2D eigenvalue weighted by Crippen LogP contribution is -2.50. The van der Waals surface area contributed by atoms with Gasteiger partial charge in [-0.2, -0.15) is 18.2 Å². The lowest BCUT2D eigenvalue weighted by atomic mass is 10.0. The van der Waals surface area contributed by atoms with Gasteiger partial charge >= 0.3 is 11.9 Å². The number of hydrogen-bond acceptors (Lipinski definition) is 6. The highest BCUT2D eigenvalue weighted by Gasteiger charge is 2.33. The minimum atomic E-state index is -4.48. The van der Waals surface area contributed by atoms with Gasteiger partial charge in [0.1, 0.15) is 28.6 Å². The Hall–Kier alpha value is -2.85. The van der Waals surface area contributed by atoms with E-state index in [1.165, 1.54) is 16.7 Å². The molecule has 7 nitrogen and oxygen atoms in total. The highest BCUT2D eigenvalue weighted by atomic mass is 35.5. The number of benzene rings is 1. The molecule has 0 radical (unpaired) electrons. The molecule has 0 aliphatic carbocycles. The summed E-state index contributed by atoms with van der Waals surface area (Å²) < 4.78 is 45.7. The molecule has 3 aromatic rings. The number of anilines is 1. The van der Waals surface area contributed by atoms with E-state index in [-0.39, 0.29) is 23.3 Å². The van der Waals surface area contributed by atoms with E-state index in [2.05, 4.69) is 9.97 Å². The average molecular weight is 455 g/mol. The van der Waals surface area contributed by atoms with Crippen LogP contribution in [0.25, 0.3) is 11.0 Å². The summed E-state index contributed by atoms with van der Waals surface area (Å²) in [6.45, 7) is 0.414. The van der Waals surface area contributed by atoms with E-state index in [4.69, 9.17) is 16.3 Å².